The minimum Gasteiger partial charge on any atom is -0.452 e. The van der Waals surface area contributed by atoms with E-state index in [2.05, 4.69) is 166 Å². The van der Waals surface area contributed by atoms with Crippen molar-refractivity contribution in [1.82, 2.24) is 9.97 Å². The zero-order valence-electron chi connectivity index (χ0n) is 32.3. The number of fused-ring (bicyclic) bond motifs is 7. The van der Waals surface area contributed by atoms with Crippen LogP contribution in [0.25, 0.3) is 104 Å². The number of aromatic nitrogens is 2. The van der Waals surface area contributed by atoms with E-state index >= 15 is 0 Å². The van der Waals surface area contributed by atoms with Crippen LogP contribution >= 0.6 is 11.3 Å². The number of nitrogens with zero attached hydrogens (tertiary/aromatic N) is 2. The van der Waals surface area contributed by atoms with E-state index in [-0.39, 0.29) is 5.41 Å². The van der Waals surface area contributed by atoms with Crippen LogP contribution in [-0.2, 0) is 5.41 Å². The highest BCUT2D eigenvalue weighted by atomic mass is 32.1. The molecule has 3 aromatic heterocycles. The first kappa shape index (κ1) is 34.4. The third-order valence-electron chi connectivity index (χ3n) is 11.8. The second kappa shape index (κ2) is 13.4. The SMILES string of the molecule is C=C/C=C1\CC(C)(C)c2cc(-c3ccc4oc5c(-c6cccc(-c7cccc(-c8cccc9c8sc8ccccc89)c7)c6)nc(-c6ccccc6)nc5c4c3)ccc21. The standard InChI is InChI=1S/C54H38N2OS/c1-4-13-40-32-54(2,3)46-31-37(24-26-41(40)46)36-25-27-47-45(30-36)50-51(57-47)49(55-53(56-50)33-14-6-5-7-15-33)39-19-11-17-35(29-39)34-16-10-18-38(28-34)42-21-12-22-44-43-20-8-9-23-48(43)58-52(42)44/h4-31H,1,32H2,2-3H3/b40-13+. The number of furan rings is 1. The van der Waals surface area contributed by atoms with Crippen molar-refractivity contribution >= 4 is 59.2 Å². The van der Waals surface area contributed by atoms with E-state index in [9.17, 15) is 0 Å². The summed E-state index contributed by atoms with van der Waals surface area (Å²) >= 11 is 1.86. The fourth-order valence-corrected chi connectivity index (χ4v) is 10.2. The van der Waals surface area contributed by atoms with Gasteiger partial charge in [0.2, 0.25) is 0 Å². The summed E-state index contributed by atoms with van der Waals surface area (Å²) in [6.45, 7) is 8.62. The van der Waals surface area contributed by atoms with Gasteiger partial charge < -0.3 is 4.42 Å². The molecule has 3 heterocycles. The van der Waals surface area contributed by atoms with Gasteiger partial charge in [-0.15, -0.1) is 11.3 Å². The summed E-state index contributed by atoms with van der Waals surface area (Å²) in [7, 11) is 0. The highest BCUT2D eigenvalue weighted by Crippen LogP contribution is 2.47. The van der Waals surface area contributed by atoms with Gasteiger partial charge in [-0.1, -0.05) is 154 Å². The Balaban J connectivity index is 1.04. The van der Waals surface area contributed by atoms with Crippen molar-refractivity contribution in [2.45, 2.75) is 25.7 Å². The van der Waals surface area contributed by atoms with Crippen LogP contribution in [0.4, 0.5) is 0 Å². The predicted molar refractivity (Wildman–Crippen MR) is 245 cm³/mol. The molecule has 1 aliphatic rings. The molecule has 0 radical (unpaired) electrons. The minimum absolute atomic E-state index is 0.0441. The van der Waals surface area contributed by atoms with E-state index in [1.54, 1.807) is 0 Å². The van der Waals surface area contributed by atoms with Gasteiger partial charge in [-0.25, -0.2) is 9.97 Å². The number of thiophene rings is 1. The van der Waals surface area contributed by atoms with Gasteiger partial charge in [0.1, 0.15) is 16.8 Å². The average molecular weight is 763 g/mol. The first-order valence-corrected chi connectivity index (χ1v) is 20.6. The Morgan fingerprint density at radius 2 is 1.26 bits per heavy atom. The second-order valence-corrected chi connectivity index (χ2v) is 17.0. The van der Waals surface area contributed by atoms with Crippen LogP contribution in [0.5, 0.6) is 0 Å². The van der Waals surface area contributed by atoms with Crippen LogP contribution in [0, 0.1) is 0 Å². The largest absolute Gasteiger partial charge is 0.452 e. The topological polar surface area (TPSA) is 38.9 Å². The van der Waals surface area contributed by atoms with Crippen molar-refractivity contribution < 1.29 is 4.42 Å². The van der Waals surface area contributed by atoms with Crippen LogP contribution in [0.3, 0.4) is 0 Å². The summed E-state index contributed by atoms with van der Waals surface area (Å²) < 4.78 is 9.34. The van der Waals surface area contributed by atoms with Crippen LogP contribution < -0.4 is 0 Å². The maximum Gasteiger partial charge on any atom is 0.180 e. The summed E-state index contributed by atoms with van der Waals surface area (Å²) in [6.07, 6.45) is 5.05. The zero-order valence-corrected chi connectivity index (χ0v) is 33.1. The number of rotatable bonds is 6. The molecule has 4 heteroatoms. The van der Waals surface area contributed by atoms with E-state index in [0.717, 1.165) is 56.4 Å². The molecular weight excluding hydrogens is 725 g/mol. The molecule has 0 fully saturated rings. The van der Waals surface area contributed by atoms with E-state index in [1.165, 1.54) is 53.6 Å². The number of allylic oxidation sites excluding steroid dienone is 3. The molecule has 0 unspecified atom stereocenters. The lowest BCUT2D eigenvalue weighted by Crippen LogP contribution is -2.11. The number of hydrogen-bond acceptors (Lipinski definition) is 4. The first-order chi connectivity index (χ1) is 28.4. The van der Waals surface area contributed by atoms with Crippen molar-refractivity contribution in [2.75, 3.05) is 0 Å². The molecule has 0 spiro atoms. The Kier molecular flexibility index (Phi) is 7.92. The second-order valence-electron chi connectivity index (χ2n) is 15.9. The van der Waals surface area contributed by atoms with Crippen LogP contribution in [0.1, 0.15) is 31.4 Å². The molecule has 11 rings (SSSR count). The predicted octanol–water partition coefficient (Wildman–Crippen LogP) is 15.3. The van der Waals surface area contributed by atoms with Crippen molar-refractivity contribution in [2.24, 2.45) is 0 Å². The summed E-state index contributed by atoms with van der Waals surface area (Å²) in [5.41, 5.74) is 16.1. The van der Waals surface area contributed by atoms with E-state index in [1.807, 2.05) is 35.6 Å². The van der Waals surface area contributed by atoms with Crippen LogP contribution in [-0.4, -0.2) is 9.97 Å². The quantitative estimate of drug-likeness (QED) is 0.169. The van der Waals surface area contributed by atoms with Gasteiger partial charge in [0.25, 0.3) is 0 Å². The van der Waals surface area contributed by atoms with Crippen LogP contribution in [0.2, 0.25) is 0 Å². The smallest absolute Gasteiger partial charge is 0.180 e. The van der Waals surface area contributed by atoms with Crippen LogP contribution in [0.15, 0.2) is 181 Å². The molecule has 7 aromatic carbocycles. The third-order valence-corrected chi connectivity index (χ3v) is 13.0. The minimum atomic E-state index is 0.0441. The van der Waals surface area contributed by atoms with Crippen molar-refractivity contribution in [1.29, 1.82) is 0 Å². The van der Waals surface area contributed by atoms with Gasteiger partial charge >= 0.3 is 0 Å². The number of hydrogen-bond donors (Lipinski definition) is 0. The summed E-state index contributed by atoms with van der Waals surface area (Å²) in [6, 6.07) is 56.4. The lowest BCUT2D eigenvalue weighted by Gasteiger charge is -2.19. The van der Waals surface area contributed by atoms with Gasteiger partial charge in [-0.3, -0.25) is 0 Å². The maximum atomic E-state index is 6.72. The van der Waals surface area contributed by atoms with Gasteiger partial charge in [0.15, 0.2) is 11.4 Å². The molecule has 0 saturated carbocycles. The fraction of sp³-hybridized carbons (Fsp3) is 0.0741. The molecule has 0 bridgehead atoms. The Hall–Kier alpha value is -6.88. The highest BCUT2D eigenvalue weighted by molar-refractivity contribution is 7.26. The van der Waals surface area contributed by atoms with Crippen molar-refractivity contribution in [3.05, 3.63) is 188 Å². The van der Waals surface area contributed by atoms with Gasteiger partial charge in [0.05, 0.1) is 0 Å². The van der Waals surface area contributed by atoms with Gasteiger partial charge in [-0.05, 0) is 98.3 Å². The average Bonchev–Trinajstić information content (AvgIpc) is 3.92. The normalized spacial score (nSPS) is 14.2. The Morgan fingerprint density at radius 3 is 2.10 bits per heavy atom. The Morgan fingerprint density at radius 1 is 0.586 bits per heavy atom. The van der Waals surface area contributed by atoms with Gasteiger partial charge in [0, 0.05) is 36.7 Å². The Bertz CT molecular complexity index is 3310. The highest BCUT2D eigenvalue weighted by Gasteiger charge is 2.33. The van der Waals surface area contributed by atoms with E-state index in [4.69, 9.17) is 14.4 Å². The van der Waals surface area contributed by atoms with E-state index < -0.39 is 0 Å². The van der Waals surface area contributed by atoms with Crippen molar-refractivity contribution in [3.63, 3.8) is 0 Å². The first-order valence-electron chi connectivity index (χ1n) is 19.8. The molecule has 10 aromatic rings. The third kappa shape index (κ3) is 5.63. The molecular formula is C54H38N2OS. The molecule has 0 aliphatic heterocycles. The lowest BCUT2D eigenvalue weighted by atomic mass is 9.85. The maximum absolute atomic E-state index is 6.72. The van der Waals surface area contributed by atoms with Gasteiger partial charge in [-0.2, -0.15) is 0 Å². The molecule has 0 saturated heterocycles. The fourth-order valence-electron chi connectivity index (χ4n) is 8.94. The molecule has 0 amide bonds. The molecule has 0 atom stereocenters. The molecule has 3 nitrogen and oxygen atoms in total. The van der Waals surface area contributed by atoms with E-state index in [0.29, 0.717) is 11.4 Å². The molecule has 58 heavy (non-hydrogen) atoms. The monoisotopic (exact) mass is 762 g/mol. The Labute approximate surface area is 341 Å². The molecule has 0 N–H and O–H groups in total. The number of benzene rings is 7. The zero-order chi connectivity index (χ0) is 39.0. The van der Waals surface area contributed by atoms with Crippen molar-refractivity contribution in [3.8, 4) is 56.0 Å². The summed E-state index contributed by atoms with van der Waals surface area (Å²) in [4.78, 5) is 10.4. The molecule has 276 valence electrons. The lowest BCUT2D eigenvalue weighted by molar-refractivity contribution is 0.563. The molecule has 1 aliphatic carbocycles. The summed E-state index contributed by atoms with van der Waals surface area (Å²) in [5.74, 6) is 0.667. The summed E-state index contributed by atoms with van der Waals surface area (Å²) in [5, 5.41) is 3.58.